The number of benzene rings is 1. The average Bonchev–Trinajstić information content (AvgIpc) is 3.35. The summed E-state index contributed by atoms with van der Waals surface area (Å²) >= 11 is 0. The zero-order valence-electron chi connectivity index (χ0n) is 16.0. The summed E-state index contributed by atoms with van der Waals surface area (Å²) in [5.74, 6) is 0.139. The second kappa shape index (κ2) is 8.58. The lowest BCUT2D eigenvalue weighted by atomic mass is 10.1. The van der Waals surface area contributed by atoms with Crippen molar-refractivity contribution in [1.29, 1.82) is 0 Å². The predicted molar refractivity (Wildman–Crippen MR) is 101 cm³/mol. The number of esters is 1. The van der Waals surface area contributed by atoms with Crippen molar-refractivity contribution < 1.29 is 22.7 Å². The Bertz CT molecular complexity index is 744. The summed E-state index contributed by atoms with van der Waals surface area (Å²) < 4.78 is 38.1. The predicted octanol–water partition coefficient (Wildman–Crippen LogP) is 1.88. The first-order valence-electron chi connectivity index (χ1n) is 9.54. The first-order chi connectivity index (χ1) is 13.0. The van der Waals surface area contributed by atoms with Crippen LogP contribution in [0.25, 0.3) is 0 Å². The van der Waals surface area contributed by atoms with Gasteiger partial charge >= 0.3 is 5.97 Å². The van der Waals surface area contributed by atoms with Gasteiger partial charge in [0.15, 0.2) is 0 Å². The average molecular weight is 397 g/mol. The summed E-state index contributed by atoms with van der Waals surface area (Å²) in [6.45, 7) is 4.82. The molecule has 2 aliphatic heterocycles. The number of sulfonamides is 1. The number of likely N-dealkylation sites (tertiary alicyclic amines) is 1. The molecule has 8 heteroatoms. The van der Waals surface area contributed by atoms with Crippen molar-refractivity contribution >= 4 is 16.0 Å². The van der Waals surface area contributed by atoms with Crippen LogP contribution in [0.4, 0.5) is 0 Å². The Kier molecular flexibility index (Phi) is 6.39. The van der Waals surface area contributed by atoms with Crippen molar-refractivity contribution in [1.82, 2.24) is 9.21 Å². The Hall–Kier alpha value is -1.64. The highest BCUT2D eigenvalue weighted by atomic mass is 32.2. The molecule has 0 bridgehead atoms. The maximum absolute atomic E-state index is 13.2. The number of nitrogens with zero attached hydrogens (tertiary/aromatic N) is 2. The normalized spacial score (nSPS) is 24.2. The van der Waals surface area contributed by atoms with Gasteiger partial charge in [0.05, 0.1) is 18.6 Å². The van der Waals surface area contributed by atoms with E-state index < -0.39 is 22.0 Å². The first kappa shape index (κ1) is 20.1. The smallest absolute Gasteiger partial charge is 0.324 e. The molecule has 0 spiro atoms. The molecule has 0 aromatic heterocycles. The van der Waals surface area contributed by atoms with E-state index in [0.29, 0.717) is 25.3 Å². The third-order valence-electron chi connectivity index (χ3n) is 5.27. The molecule has 0 amide bonds. The minimum absolute atomic E-state index is 0.0542. The molecule has 1 aromatic carbocycles. The number of hydrogen-bond acceptors (Lipinski definition) is 6. The van der Waals surface area contributed by atoms with Gasteiger partial charge < -0.3 is 9.47 Å². The molecular weight excluding hydrogens is 368 g/mol. The molecule has 2 fully saturated rings. The number of hydrogen-bond donors (Lipinski definition) is 0. The van der Waals surface area contributed by atoms with Gasteiger partial charge in [0.25, 0.3) is 0 Å². The monoisotopic (exact) mass is 396 g/mol. The zero-order valence-corrected chi connectivity index (χ0v) is 16.8. The lowest BCUT2D eigenvalue weighted by Crippen LogP contribution is -2.41. The molecule has 1 aromatic rings. The van der Waals surface area contributed by atoms with Crippen LogP contribution < -0.4 is 4.74 Å². The van der Waals surface area contributed by atoms with Crippen molar-refractivity contribution in [2.45, 2.75) is 49.6 Å². The van der Waals surface area contributed by atoms with E-state index in [-0.39, 0.29) is 10.9 Å². The number of ether oxygens (including phenoxy) is 2. The molecule has 0 saturated carbocycles. The lowest BCUT2D eigenvalue weighted by molar-refractivity contribution is -0.144. The quantitative estimate of drug-likeness (QED) is 0.655. The van der Waals surface area contributed by atoms with Crippen molar-refractivity contribution in [2.75, 3.05) is 33.4 Å². The fraction of sp³-hybridized carbons (Fsp3) is 0.632. The minimum Gasteiger partial charge on any atom is -0.494 e. The summed E-state index contributed by atoms with van der Waals surface area (Å²) in [6, 6.07) is 5.67. The highest BCUT2D eigenvalue weighted by molar-refractivity contribution is 7.89. The van der Waals surface area contributed by atoms with Crippen LogP contribution in [0.3, 0.4) is 0 Å². The van der Waals surface area contributed by atoms with Crippen LogP contribution in [0.15, 0.2) is 29.2 Å². The lowest BCUT2D eigenvalue weighted by Gasteiger charge is -2.24. The van der Waals surface area contributed by atoms with Crippen molar-refractivity contribution in [2.24, 2.45) is 0 Å². The van der Waals surface area contributed by atoms with E-state index >= 15 is 0 Å². The van der Waals surface area contributed by atoms with Crippen molar-refractivity contribution in [3.63, 3.8) is 0 Å². The Balaban J connectivity index is 1.82. The van der Waals surface area contributed by atoms with E-state index in [9.17, 15) is 13.2 Å². The molecule has 0 aliphatic carbocycles. The summed E-state index contributed by atoms with van der Waals surface area (Å²) in [4.78, 5) is 14.7. The maximum Gasteiger partial charge on any atom is 0.324 e. The molecule has 0 N–H and O–H groups in total. The van der Waals surface area contributed by atoms with Crippen LogP contribution >= 0.6 is 0 Å². The second-order valence-electron chi connectivity index (χ2n) is 7.07. The fourth-order valence-electron chi connectivity index (χ4n) is 3.83. The van der Waals surface area contributed by atoms with Gasteiger partial charge in [-0.15, -0.1) is 0 Å². The molecule has 2 aliphatic rings. The van der Waals surface area contributed by atoms with Gasteiger partial charge in [0.1, 0.15) is 11.8 Å². The Morgan fingerprint density at radius 2 is 1.85 bits per heavy atom. The van der Waals surface area contributed by atoms with Gasteiger partial charge in [0.2, 0.25) is 10.0 Å². The van der Waals surface area contributed by atoms with Crippen LogP contribution in [-0.2, 0) is 19.6 Å². The van der Waals surface area contributed by atoms with Crippen molar-refractivity contribution in [3.8, 4) is 5.75 Å². The highest BCUT2D eigenvalue weighted by Gasteiger charge is 2.46. The SMILES string of the molecule is CCCOc1ccc(S(=O)(=O)N2C[C@@H](N3CCCC3)C[C@@H]2C(=O)OC)cc1. The zero-order chi connectivity index (χ0) is 19.4. The molecule has 0 unspecified atom stereocenters. The Morgan fingerprint density at radius 1 is 1.19 bits per heavy atom. The molecule has 0 radical (unpaired) electrons. The molecule has 2 atom stereocenters. The van der Waals surface area contributed by atoms with Crippen LogP contribution in [-0.4, -0.2) is 69.0 Å². The van der Waals surface area contributed by atoms with Crippen molar-refractivity contribution in [3.05, 3.63) is 24.3 Å². The summed E-state index contributed by atoms with van der Waals surface area (Å²) in [7, 11) is -2.49. The van der Waals surface area contributed by atoms with Gasteiger partial charge in [-0.1, -0.05) is 6.92 Å². The Morgan fingerprint density at radius 3 is 2.44 bits per heavy atom. The fourth-order valence-corrected chi connectivity index (χ4v) is 5.46. The van der Waals surface area contributed by atoms with E-state index in [0.717, 1.165) is 32.4 Å². The molecule has 27 heavy (non-hydrogen) atoms. The topological polar surface area (TPSA) is 76.2 Å². The van der Waals surface area contributed by atoms with E-state index in [4.69, 9.17) is 9.47 Å². The highest BCUT2D eigenvalue weighted by Crippen LogP contribution is 2.31. The van der Waals surface area contributed by atoms with Crippen LogP contribution in [0, 0.1) is 0 Å². The van der Waals surface area contributed by atoms with E-state index in [2.05, 4.69) is 4.90 Å². The summed E-state index contributed by atoms with van der Waals surface area (Å²) in [5.41, 5.74) is 0. The van der Waals surface area contributed by atoms with Crippen LogP contribution in [0.1, 0.15) is 32.6 Å². The largest absolute Gasteiger partial charge is 0.494 e. The first-order valence-corrected chi connectivity index (χ1v) is 11.0. The third-order valence-corrected chi connectivity index (χ3v) is 7.16. The minimum atomic E-state index is -3.79. The molecular formula is C19H28N2O5S. The van der Waals surface area contributed by atoms with Gasteiger partial charge in [-0.05, 0) is 63.0 Å². The number of carbonyl (C=O) groups is 1. The second-order valence-corrected chi connectivity index (χ2v) is 8.96. The third kappa shape index (κ3) is 4.28. The number of rotatable bonds is 7. The summed E-state index contributed by atoms with van der Waals surface area (Å²) in [5, 5.41) is 0. The molecule has 7 nitrogen and oxygen atoms in total. The van der Waals surface area contributed by atoms with Gasteiger partial charge in [-0.2, -0.15) is 4.31 Å². The van der Waals surface area contributed by atoms with E-state index in [1.807, 2.05) is 6.92 Å². The molecule has 2 heterocycles. The van der Waals surface area contributed by atoms with Gasteiger partial charge in [-0.3, -0.25) is 9.69 Å². The van der Waals surface area contributed by atoms with E-state index in [1.54, 1.807) is 12.1 Å². The standard InChI is InChI=1S/C19H28N2O5S/c1-3-12-26-16-6-8-17(9-7-16)27(23,24)21-14-15(20-10-4-5-11-20)13-18(21)19(22)25-2/h6-9,15,18H,3-5,10-14H2,1-2H3/t15-,18+/m0/s1. The molecule has 150 valence electrons. The van der Waals surface area contributed by atoms with Crippen LogP contribution in [0.2, 0.25) is 0 Å². The number of methoxy groups -OCH3 is 1. The van der Waals surface area contributed by atoms with Crippen LogP contribution in [0.5, 0.6) is 5.75 Å². The molecule has 2 saturated heterocycles. The number of carbonyl (C=O) groups excluding carboxylic acids is 1. The summed E-state index contributed by atoms with van der Waals surface area (Å²) in [6.07, 6.45) is 3.59. The van der Waals surface area contributed by atoms with E-state index in [1.165, 1.54) is 23.5 Å². The molecule has 3 rings (SSSR count). The van der Waals surface area contributed by atoms with Gasteiger partial charge in [-0.25, -0.2) is 8.42 Å². The maximum atomic E-state index is 13.2. The van der Waals surface area contributed by atoms with Gasteiger partial charge in [0, 0.05) is 12.6 Å². The Labute approximate surface area is 161 Å².